The van der Waals surface area contributed by atoms with Gasteiger partial charge in [0.15, 0.2) is 5.96 Å². The average molecular weight is 501 g/mol. The van der Waals surface area contributed by atoms with E-state index in [9.17, 15) is 0 Å². The lowest BCUT2D eigenvalue weighted by molar-refractivity contribution is 0.459. The lowest BCUT2D eigenvalue weighted by Crippen LogP contribution is -2.48. The van der Waals surface area contributed by atoms with Crippen LogP contribution in [0.15, 0.2) is 71.9 Å². The smallest absolute Gasteiger partial charge is 0.191 e. The summed E-state index contributed by atoms with van der Waals surface area (Å²) in [6, 6.07) is 21.5. The Morgan fingerprint density at radius 3 is 2.55 bits per heavy atom. The maximum atomic E-state index is 4.46. The van der Waals surface area contributed by atoms with Gasteiger partial charge in [-0.2, -0.15) is 0 Å². The molecule has 5 nitrogen and oxygen atoms in total. The zero-order valence-corrected chi connectivity index (χ0v) is 19.0. The number of halogens is 1. The first kappa shape index (κ1) is 21.4. The summed E-state index contributed by atoms with van der Waals surface area (Å²) >= 11 is 0. The number of hydrogen-bond acceptors (Lipinski definition) is 3. The van der Waals surface area contributed by atoms with E-state index < -0.39 is 0 Å². The summed E-state index contributed by atoms with van der Waals surface area (Å²) in [6.45, 7) is 2.78. The highest BCUT2D eigenvalue weighted by Gasteiger charge is 2.20. The minimum Gasteiger partial charge on any atom is -0.356 e. The first-order valence-corrected chi connectivity index (χ1v) is 9.93. The molecule has 0 amide bonds. The van der Waals surface area contributed by atoms with Crippen LogP contribution >= 0.6 is 24.0 Å². The number of piperidine rings is 1. The molecule has 29 heavy (non-hydrogen) atoms. The number of benzene rings is 2. The fourth-order valence-corrected chi connectivity index (χ4v) is 3.81. The Morgan fingerprint density at radius 1 is 1.03 bits per heavy atom. The van der Waals surface area contributed by atoms with Crippen molar-refractivity contribution in [1.29, 1.82) is 0 Å². The minimum atomic E-state index is 0. The van der Waals surface area contributed by atoms with E-state index in [4.69, 9.17) is 0 Å². The van der Waals surface area contributed by atoms with E-state index in [1.54, 1.807) is 0 Å². The summed E-state index contributed by atoms with van der Waals surface area (Å²) in [7, 11) is 1.83. The van der Waals surface area contributed by atoms with Crippen molar-refractivity contribution in [2.24, 2.45) is 4.99 Å². The van der Waals surface area contributed by atoms with Crippen LogP contribution in [0.25, 0.3) is 10.8 Å². The number of pyridine rings is 1. The van der Waals surface area contributed by atoms with Crippen LogP contribution in [0, 0.1) is 0 Å². The SMILES string of the molecule is CN=C(NCc1cccc2ccccc12)NC1CCN(c2ccccn2)CC1.I. The van der Waals surface area contributed by atoms with Gasteiger partial charge in [0, 0.05) is 38.9 Å². The van der Waals surface area contributed by atoms with Crippen molar-refractivity contribution < 1.29 is 0 Å². The predicted molar refractivity (Wildman–Crippen MR) is 132 cm³/mol. The molecule has 2 aromatic carbocycles. The van der Waals surface area contributed by atoms with Crippen molar-refractivity contribution in [3.05, 3.63) is 72.4 Å². The number of guanidine groups is 1. The molecule has 1 aliphatic rings. The number of hydrogen-bond donors (Lipinski definition) is 2. The van der Waals surface area contributed by atoms with E-state index in [2.05, 4.69) is 74.0 Å². The van der Waals surface area contributed by atoms with Crippen LogP contribution in [0.2, 0.25) is 0 Å². The molecular weight excluding hydrogens is 473 g/mol. The first-order valence-electron chi connectivity index (χ1n) is 9.93. The maximum absolute atomic E-state index is 4.46. The van der Waals surface area contributed by atoms with Crippen molar-refractivity contribution in [2.75, 3.05) is 25.0 Å². The Hall–Kier alpha value is -2.35. The number of aliphatic imine (C=N–C) groups is 1. The third kappa shape index (κ3) is 5.38. The van der Waals surface area contributed by atoms with E-state index >= 15 is 0 Å². The van der Waals surface area contributed by atoms with E-state index in [0.717, 1.165) is 44.3 Å². The molecule has 152 valence electrons. The molecule has 0 atom stereocenters. The molecule has 1 aliphatic heterocycles. The monoisotopic (exact) mass is 501 g/mol. The number of aromatic nitrogens is 1. The van der Waals surface area contributed by atoms with Gasteiger partial charge < -0.3 is 15.5 Å². The largest absolute Gasteiger partial charge is 0.356 e. The molecule has 1 saturated heterocycles. The lowest BCUT2D eigenvalue weighted by Gasteiger charge is -2.33. The number of fused-ring (bicyclic) bond motifs is 1. The lowest BCUT2D eigenvalue weighted by atomic mass is 10.0. The molecule has 0 bridgehead atoms. The Kier molecular flexibility index (Phi) is 7.69. The third-order valence-corrected chi connectivity index (χ3v) is 5.36. The Morgan fingerprint density at radius 2 is 1.79 bits per heavy atom. The average Bonchev–Trinajstić information content (AvgIpc) is 2.77. The molecule has 4 rings (SSSR count). The molecule has 0 unspecified atom stereocenters. The van der Waals surface area contributed by atoms with Gasteiger partial charge in [-0.3, -0.25) is 4.99 Å². The summed E-state index contributed by atoms with van der Waals surface area (Å²) in [5.41, 5.74) is 1.28. The van der Waals surface area contributed by atoms with E-state index in [0.29, 0.717) is 6.04 Å². The normalized spacial score (nSPS) is 15.1. The second kappa shape index (κ2) is 10.4. The van der Waals surface area contributed by atoms with Gasteiger partial charge in [0.05, 0.1) is 0 Å². The summed E-state index contributed by atoms with van der Waals surface area (Å²) in [4.78, 5) is 11.2. The molecule has 6 heteroatoms. The fourth-order valence-electron chi connectivity index (χ4n) is 3.81. The number of anilines is 1. The first-order chi connectivity index (χ1) is 13.8. The van der Waals surface area contributed by atoms with Crippen molar-refractivity contribution in [2.45, 2.75) is 25.4 Å². The predicted octanol–water partition coefficient (Wildman–Crippen LogP) is 4.19. The zero-order valence-electron chi connectivity index (χ0n) is 16.7. The van der Waals surface area contributed by atoms with Gasteiger partial charge in [-0.15, -0.1) is 24.0 Å². The van der Waals surface area contributed by atoms with Crippen molar-refractivity contribution in [3.8, 4) is 0 Å². The third-order valence-electron chi connectivity index (χ3n) is 5.36. The van der Waals surface area contributed by atoms with E-state index in [-0.39, 0.29) is 24.0 Å². The van der Waals surface area contributed by atoms with Crippen LogP contribution in [0.1, 0.15) is 18.4 Å². The highest BCUT2D eigenvalue weighted by atomic mass is 127. The second-order valence-electron chi connectivity index (χ2n) is 7.16. The zero-order chi connectivity index (χ0) is 19.2. The van der Waals surface area contributed by atoms with Crippen LogP contribution < -0.4 is 15.5 Å². The highest BCUT2D eigenvalue weighted by Crippen LogP contribution is 2.19. The van der Waals surface area contributed by atoms with Gasteiger partial charge in [0.2, 0.25) is 0 Å². The molecular formula is C23H28IN5. The summed E-state index contributed by atoms with van der Waals surface area (Å²) < 4.78 is 0. The number of nitrogens with zero attached hydrogens (tertiary/aromatic N) is 3. The summed E-state index contributed by atoms with van der Waals surface area (Å²) in [6.07, 6.45) is 4.01. The van der Waals surface area contributed by atoms with Gasteiger partial charge in [-0.25, -0.2) is 4.98 Å². The number of nitrogens with one attached hydrogen (secondary N) is 2. The summed E-state index contributed by atoms with van der Waals surface area (Å²) in [5, 5.41) is 9.63. The second-order valence-corrected chi connectivity index (χ2v) is 7.16. The molecule has 0 saturated carbocycles. The van der Waals surface area contributed by atoms with Gasteiger partial charge in [-0.05, 0) is 41.3 Å². The molecule has 0 aliphatic carbocycles. The number of rotatable bonds is 4. The quantitative estimate of drug-likeness (QED) is 0.320. The fraction of sp³-hybridized carbons (Fsp3) is 0.304. The van der Waals surface area contributed by atoms with Crippen molar-refractivity contribution >= 4 is 46.5 Å². The molecule has 0 radical (unpaired) electrons. The maximum Gasteiger partial charge on any atom is 0.191 e. The minimum absolute atomic E-state index is 0. The topological polar surface area (TPSA) is 52.6 Å². The van der Waals surface area contributed by atoms with E-state index in [1.807, 2.05) is 25.4 Å². The van der Waals surface area contributed by atoms with Crippen molar-refractivity contribution in [1.82, 2.24) is 15.6 Å². The Labute approximate surface area is 189 Å². The van der Waals surface area contributed by atoms with Crippen LogP contribution in [-0.4, -0.2) is 37.1 Å². The van der Waals surface area contributed by atoms with Crippen LogP contribution in [0.3, 0.4) is 0 Å². The van der Waals surface area contributed by atoms with E-state index in [1.165, 1.54) is 16.3 Å². The molecule has 0 spiro atoms. The molecule has 1 aromatic heterocycles. The van der Waals surface area contributed by atoms with Gasteiger partial charge in [0.1, 0.15) is 5.82 Å². The van der Waals surface area contributed by atoms with Gasteiger partial charge in [0.25, 0.3) is 0 Å². The van der Waals surface area contributed by atoms with Crippen LogP contribution in [0.4, 0.5) is 5.82 Å². The Bertz CT molecular complexity index is 931. The molecule has 2 heterocycles. The molecule has 2 N–H and O–H groups in total. The van der Waals surface area contributed by atoms with Gasteiger partial charge >= 0.3 is 0 Å². The Balaban J connectivity index is 0.00000240. The summed E-state index contributed by atoms with van der Waals surface area (Å²) in [5.74, 6) is 1.93. The van der Waals surface area contributed by atoms with Crippen LogP contribution in [0.5, 0.6) is 0 Å². The highest BCUT2D eigenvalue weighted by molar-refractivity contribution is 14.0. The standard InChI is InChI=1S/C23H27N5.HI/c1-24-23(26-17-19-9-6-8-18-7-2-3-10-21(18)19)27-20-12-15-28(16-13-20)22-11-4-5-14-25-22;/h2-11,14,20H,12-13,15-17H2,1H3,(H2,24,26,27);1H. The van der Waals surface area contributed by atoms with Gasteiger partial charge in [-0.1, -0.05) is 48.5 Å². The van der Waals surface area contributed by atoms with Crippen molar-refractivity contribution in [3.63, 3.8) is 0 Å². The van der Waals surface area contributed by atoms with Crippen LogP contribution in [-0.2, 0) is 6.54 Å². The molecule has 1 fully saturated rings. The molecule has 3 aromatic rings.